The molecule has 1 aromatic carbocycles. The Morgan fingerprint density at radius 2 is 2.12 bits per heavy atom. The highest BCUT2D eigenvalue weighted by atomic mass is 16.4. The van der Waals surface area contributed by atoms with Crippen molar-refractivity contribution in [3.05, 3.63) is 29.6 Å². The molecule has 0 saturated carbocycles. The monoisotopic (exact) mass is 236 g/mol. The van der Waals surface area contributed by atoms with E-state index < -0.39 is 5.97 Å². The molecule has 0 amide bonds. The number of aliphatic hydroxyl groups is 2. The number of nitrogens with zero attached hydrogens (tertiary/aromatic N) is 2. The third-order valence-corrected chi connectivity index (χ3v) is 2.54. The summed E-state index contributed by atoms with van der Waals surface area (Å²) in [6.07, 6.45) is 0. The summed E-state index contributed by atoms with van der Waals surface area (Å²) < 4.78 is 1.67. The van der Waals surface area contributed by atoms with Crippen molar-refractivity contribution in [1.29, 1.82) is 0 Å². The van der Waals surface area contributed by atoms with Gasteiger partial charge in [0.05, 0.1) is 23.2 Å². The van der Waals surface area contributed by atoms with Gasteiger partial charge in [0, 0.05) is 6.54 Å². The number of aliphatic hydroxyl groups excluding tert-OH is 2. The smallest absolute Gasteiger partial charge is 0.335 e. The Balaban J connectivity index is 2.61. The molecule has 0 radical (unpaired) electrons. The maximum Gasteiger partial charge on any atom is 0.335 e. The lowest BCUT2D eigenvalue weighted by Gasteiger charge is -2.04. The quantitative estimate of drug-likeness (QED) is 0.705. The van der Waals surface area contributed by atoms with Crippen LogP contribution in [0.4, 0.5) is 0 Å². The van der Waals surface area contributed by atoms with Gasteiger partial charge in [0.15, 0.2) is 0 Å². The maximum absolute atomic E-state index is 10.8. The van der Waals surface area contributed by atoms with Gasteiger partial charge in [0.25, 0.3) is 0 Å². The van der Waals surface area contributed by atoms with Crippen LogP contribution in [0.1, 0.15) is 16.2 Å². The first-order valence-corrected chi connectivity index (χ1v) is 5.11. The van der Waals surface area contributed by atoms with Gasteiger partial charge in [-0.05, 0) is 18.2 Å². The van der Waals surface area contributed by atoms with Crippen LogP contribution < -0.4 is 0 Å². The molecule has 0 saturated heterocycles. The molecule has 0 atom stereocenters. The zero-order valence-electron chi connectivity index (χ0n) is 9.00. The van der Waals surface area contributed by atoms with E-state index in [0.29, 0.717) is 23.4 Å². The normalized spacial score (nSPS) is 10.9. The largest absolute Gasteiger partial charge is 0.478 e. The van der Waals surface area contributed by atoms with Gasteiger partial charge in [-0.1, -0.05) is 0 Å². The van der Waals surface area contributed by atoms with Crippen LogP contribution in [-0.2, 0) is 13.2 Å². The minimum atomic E-state index is -1.02. The van der Waals surface area contributed by atoms with Crippen LogP contribution in [-0.4, -0.2) is 37.4 Å². The number of hydrogen-bond acceptors (Lipinski definition) is 4. The Labute approximate surface area is 96.8 Å². The van der Waals surface area contributed by atoms with Gasteiger partial charge < -0.3 is 19.9 Å². The van der Waals surface area contributed by atoms with Gasteiger partial charge in [-0.3, -0.25) is 0 Å². The molecule has 2 aromatic rings. The Bertz CT molecular complexity index is 562. The summed E-state index contributed by atoms with van der Waals surface area (Å²) >= 11 is 0. The average Bonchev–Trinajstić information content (AvgIpc) is 2.67. The fourth-order valence-corrected chi connectivity index (χ4v) is 1.78. The van der Waals surface area contributed by atoms with Crippen molar-refractivity contribution in [3.8, 4) is 0 Å². The number of carboxylic acid groups (broad SMARTS) is 1. The molecule has 1 aromatic heterocycles. The molecule has 0 aliphatic heterocycles. The van der Waals surface area contributed by atoms with E-state index in [-0.39, 0.29) is 18.8 Å². The Morgan fingerprint density at radius 1 is 1.35 bits per heavy atom. The predicted molar refractivity (Wildman–Crippen MR) is 59.7 cm³/mol. The zero-order chi connectivity index (χ0) is 12.4. The highest BCUT2D eigenvalue weighted by molar-refractivity contribution is 5.92. The number of hydrogen-bond donors (Lipinski definition) is 3. The van der Waals surface area contributed by atoms with Gasteiger partial charge in [-0.15, -0.1) is 0 Å². The van der Waals surface area contributed by atoms with E-state index in [1.54, 1.807) is 10.6 Å². The SMILES string of the molecule is O=C(O)c1ccc2c(c1)nc(CO)n2CCO. The summed E-state index contributed by atoms with van der Waals surface area (Å²) in [5.74, 6) is -0.606. The molecule has 0 fully saturated rings. The summed E-state index contributed by atoms with van der Waals surface area (Å²) in [6, 6.07) is 4.55. The van der Waals surface area contributed by atoms with Crippen molar-refractivity contribution < 1.29 is 20.1 Å². The molecule has 90 valence electrons. The third kappa shape index (κ3) is 2.00. The van der Waals surface area contributed by atoms with Gasteiger partial charge >= 0.3 is 5.97 Å². The first-order valence-electron chi connectivity index (χ1n) is 5.11. The van der Waals surface area contributed by atoms with Crippen molar-refractivity contribution in [2.75, 3.05) is 6.61 Å². The van der Waals surface area contributed by atoms with Crippen molar-refractivity contribution in [2.45, 2.75) is 13.2 Å². The van der Waals surface area contributed by atoms with Crippen LogP contribution in [0.3, 0.4) is 0 Å². The Morgan fingerprint density at radius 3 is 2.71 bits per heavy atom. The minimum absolute atomic E-state index is 0.0703. The summed E-state index contributed by atoms with van der Waals surface area (Å²) in [6.45, 7) is -0.00492. The molecule has 17 heavy (non-hydrogen) atoms. The van der Waals surface area contributed by atoms with Crippen LogP contribution in [0.2, 0.25) is 0 Å². The number of carboxylic acids is 1. The van der Waals surface area contributed by atoms with Gasteiger partial charge in [-0.2, -0.15) is 0 Å². The predicted octanol–water partition coefficient (Wildman–Crippen LogP) is 0.219. The van der Waals surface area contributed by atoms with E-state index in [9.17, 15) is 4.79 Å². The summed E-state index contributed by atoms with van der Waals surface area (Å²) in [5.41, 5.74) is 1.35. The second kappa shape index (κ2) is 4.52. The maximum atomic E-state index is 10.8. The number of rotatable bonds is 4. The van der Waals surface area contributed by atoms with Crippen molar-refractivity contribution in [1.82, 2.24) is 9.55 Å². The van der Waals surface area contributed by atoms with E-state index in [0.717, 1.165) is 0 Å². The molecule has 1 heterocycles. The van der Waals surface area contributed by atoms with E-state index in [1.165, 1.54) is 12.1 Å². The lowest BCUT2D eigenvalue weighted by atomic mass is 10.2. The summed E-state index contributed by atoms with van der Waals surface area (Å²) in [4.78, 5) is 14.9. The number of benzene rings is 1. The van der Waals surface area contributed by atoms with Crippen LogP contribution >= 0.6 is 0 Å². The van der Waals surface area contributed by atoms with Crippen LogP contribution in [0.25, 0.3) is 11.0 Å². The third-order valence-electron chi connectivity index (χ3n) is 2.54. The summed E-state index contributed by atoms with van der Waals surface area (Å²) in [5, 5.41) is 26.9. The standard InChI is InChI=1S/C11H12N2O4/c14-4-3-13-9-2-1-7(11(16)17)5-8(9)12-10(13)6-15/h1-2,5,14-15H,3-4,6H2,(H,16,17). The first-order chi connectivity index (χ1) is 8.17. The number of fused-ring (bicyclic) bond motifs is 1. The molecule has 0 aliphatic carbocycles. The molecule has 3 N–H and O–H groups in total. The molecule has 2 rings (SSSR count). The molecular formula is C11H12N2O4. The van der Waals surface area contributed by atoms with Gasteiger partial charge in [0.1, 0.15) is 12.4 Å². The number of carbonyl (C=O) groups is 1. The van der Waals surface area contributed by atoms with E-state index in [4.69, 9.17) is 15.3 Å². The second-order valence-corrected chi connectivity index (χ2v) is 3.57. The summed E-state index contributed by atoms with van der Waals surface area (Å²) in [7, 11) is 0. The lowest BCUT2D eigenvalue weighted by molar-refractivity contribution is 0.0697. The van der Waals surface area contributed by atoms with E-state index in [2.05, 4.69) is 4.98 Å². The molecule has 0 spiro atoms. The number of imidazole rings is 1. The van der Waals surface area contributed by atoms with Crippen LogP contribution in [0.5, 0.6) is 0 Å². The van der Waals surface area contributed by atoms with Gasteiger partial charge in [-0.25, -0.2) is 9.78 Å². The Hall–Kier alpha value is -1.92. The highest BCUT2D eigenvalue weighted by Crippen LogP contribution is 2.18. The second-order valence-electron chi connectivity index (χ2n) is 3.57. The minimum Gasteiger partial charge on any atom is -0.478 e. The number of aromatic nitrogens is 2. The van der Waals surface area contributed by atoms with Gasteiger partial charge in [0.2, 0.25) is 0 Å². The van der Waals surface area contributed by atoms with Crippen molar-refractivity contribution >= 4 is 17.0 Å². The lowest BCUT2D eigenvalue weighted by Crippen LogP contribution is -2.06. The van der Waals surface area contributed by atoms with Crippen molar-refractivity contribution in [2.24, 2.45) is 0 Å². The topological polar surface area (TPSA) is 95.6 Å². The fraction of sp³-hybridized carbons (Fsp3) is 0.273. The fourth-order valence-electron chi connectivity index (χ4n) is 1.78. The van der Waals surface area contributed by atoms with Crippen molar-refractivity contribution in [3.63, 3.8) is 0 Å². The van der Waals surface area contributed by atoms with E-state index in [1.807, 2.05) is 0 Å². The molecule has 6 heteroatoms. The molecular weight excluding hydrogens is 224 g/mol. The van der Waals surface area contributed by atoms with Crippen LogP contribution in [0.15, 0.2) is 18.2 Å². The molecule has 0 unspecified atom stereocenters. The van der Waals surface area contributed by atoms with E-state index >= 15 is 0 Å². The first kappa shape index (κ1) is 11.6. The average molecular weight is 236 g/mol. The number of aromatic carboxylic acids is 1. The zero-order valence-corrected chi connectivity index (χ0v) is 9.00. The highest BCUT2D eigenvalue weighted by Gasteiger charge is 2.11. The Kier molecular flexibility index (Phi) is 3.08. The molecule has 6 nitrogen and oxygen atoms in total. The van der Waals surface area contributed by atoms with Crippen LogP contribution in [0, 0.1) is 0 Å². The molecule has 0 aliphatic rings. The molecule has 0 bridgehead atoms.